The number of nitrogens with zero attached hydrogens (tertiary/aromatic N) is 1. The zero-order valence-electron chi connectivity index (χ0n) is 9.85. The van der Waals surface area contributed by atoms with Crippen molar-refractivity contribution in [1.29, 1.82) is 0 Å². The van der Waals surface area contributed by atoms with Crippen molar-refractivity contribution in [3.63, 3.8) is 0 Å². The molecule has 0 saturated carbocycles. The highest BCUT2D eigenvalue weighted by atomic mass is 32.1. The molecule has 0 atom stereocenters. The number of carboxylic acids is 1. The Morgan fingerprint density at radius 3 is 2.53 bits per heavy atom. The third-order valence-corrected chi connectivity index (χ3v) is 2.64. The second kappa shape index (κ2) is 5.09. The van der Waals surface area contributed by atoms with Gasteiger partial charge < -0.3 is 5.11 Å². The van der Waals surface area contributed by atoms with E-state index in [9.17, 15) is 9.59 Å². The minimum atomic E-state index is -1.16. The van der Waals surface area contributed by atoms with Gasteiger partial charge in [0, 0.05) is 22.9 Å². The number of anilines is 1. The molecular weight excluding hydrogens is 240 g/mol. The van der Waals surface area contributed by atoms with Gasteiger partial charge >= 0.3 is 5.97 Å². The lowest BCUT2D eigenvalue weighted by atomic mass is 9.93. The van der Waals surface area contributed by atoms with Gasteiger partial charge in [-0.15, -0.1) is 11.3 Å². The number of amides is 1. The van der Waals surface area contributed by atoms with Gasteiger partial charge in [0.1, 0.15) is 0 Å². The average Bonchev–Trinajstić information content (AvgIpc) is 2.62. The van der Waals surface area contributed by atoms with Crippen LogP contribution in [0.1, 0.15) is 26.5 Å². The van der Waals surface area contributed by atoms with E-state index in [0.29, 0.717) is 5.13 Å². The molecule has 92 valence electrons. The van der Waals surface area contributed by atoms with Crippen molar-refractivity contribution < 1.29 is 14.7 Å². The molecule has 0 aliphatic carbocycles. The first-order valence-electron chi connectivity index (χ1n) is 4.97. The van der Waals surface area contributed by atoms with Crippen LogP contribution in [0.3, 0.4) is 0 Å². The van der Waals surface area contributed by atoms with E-state index in [4.69, 9.17) is 5.11 Å². The van der Waals surface area contributed by atoms with E-state index in [-0.39, 0.29) is 5.41 Å². The lowest BCUT2D eigenvalue weighted by Gasteiger charge is -2.14. The summed E-state index contributed by atoms with van der Waals surface area (Å²) >= 11 is 1.31. The molecule has 1 heterocycles. The largest absolute Gasteiger partial charge is 0.478 e. The van der Waals surface area contributed by atoms with Crippen molar-refractivity contribution in [3.8, 4) is 0 Å². The normalized spacial score (nSPS) is 11.7. The maximum absolute atomic E-state index is 11.3. The second-order valence-electron chi connectivity index (χ2n) is 4.45. The summed E-state index contributed by atoms with van der Waals surface area (Å²) in [4.78, 5) is 25.7. The second-order valence-corrected chi connectivity index (χ2v) is 5.31. The molecule has 6 heteroatoms. The highest BCUT2D eigenvalue weighted by molar-refractivity contribution is 7.14. The monoisotopic (exact) mass is 254 g/mol. The zero-order chi connectivity index (χ0) is 13.1. The molecule has 0 unspecified atom stereocenters. The fourth-order valence-electron chi connectivity index (χ4n) is 0.970. The summed E-state index contributed by atoms with van der Waals surface area (Å²) < 4.78 is 0. The van der Waals surface area contributed by atoms with Crippen molar-refractivity contribution in [3.05, 3.63) is 23.2 Å². The Balaban J connectivity index is 2.67. The van der Waals surface area contributed by atoms with Crippen LogP contribution in [0.25, 0.3) is 0 Å². The van der Waals surface area contributed by atoms with Crippen molar-refractivity contribution in [2.75, 3.05) is 5.32 Å². The van der Waals surface area contributed by atoms with E-state index in [0.717, 1.165) is 17.8 Å². The minimum absolute atomic E-state index is 0.0730. The molecule has 1 rings (SSSR count). The van der Waals surface area contributed by atoms with Crippen LogP contribution >= 0.6 is 11.3 Å². The number of hydrogen-bond acceptors (Lipinski definition) is 4. The number of aliphatic carboxylic acids is 1. The van der Waals surface area contributed by atoms with Crippen LogP contribution in [0, 0.1) is 0 Å². The predicted octanol–water partition coefficient (Wildman–Crippen LogP) is 2.02. The zero-order valence-corrected chi connectivity index (χ0v) is 10.7. The van der Waals surface area contributed by atoms with Crippen LogP contribution in [0.4, 0.5) is 5.13 Å². The molecular formula is C11H14N2O3S. The third kappa shape index (κ3) is 4.36. The predicted molar refractivity (Wildman–Crippen MR) is 66.2 cm³/mol. The average molecular weight is 254 g/mol. The molecule has 17 heavy (non-hydrogen) atoms. The van der Waals surface area contributed by atoms with Crippen LogP contribution in [0.2, 0.25) is 0 Å². The number of nitrogens with one attached hydrogen (secondary N) is 1. The number of rotatable bonds is 3. The number of carbonyl (C=O) groups excluding carboxylic acids is 1. The van der Waals surface area contributed by atoms with Gasteiger partial charge in [-0.3, -0.25) is 10.1 Å². The van der Waals surface area contributed by atoms with Gasteiger partial charge in [-0.25, -0.2) is 9.78 Å². The lowest BCUT2D eigenvalue weighted by Crippen LogP contribution is -2.13. The Morgan fingerprint density at radius 2 is 2.06 bits per heavy atom. The molecule has 1 aromatic heterocycles. The standard InChI is InChI=1S/C11H14N2O3S/c1-11(2,3)7-6-17-10(12-7)13-8(14)4-5-9(15)16/h4-6H,1-3H3,(H,15,16)(H,12,13,14). The summed E-state index contributed by atoms with van der Waals surface area (Å²) in [6, 6.07) is 0. The fourth-order valence-corrected chi connectivity index (χ4v) is 1.91. The SMILES string of the molecule is CC(C)(C)c1csc(NC(=O)C=CC(=O)O)n1. The van der Waals surface area contributed by atoms with Crippen molar-refractivity contribution in [2.24, 2.45) is 0 Å². The smallest absolute Gasteiger partial charge is 0.328 e. The van der Waals surface area contributed by atoms with Gasteiger partial charge in [0.15, 0.2) is 5.13 Å². The van der Waals surface area contributed by atoms with Crippen molar-refractivity contribution in [1.82, 2.24) is 4.98 Å². The lowest BCUT2D eigenvalue weighted by molar-refractivity contribution is -0.131. The summed E-state index contributed by atoms with van der Waals surface area (Å²) in [6.07, 6.45) is 1.74. The van der Waals surface area contributed by atoms with E-state index in [1.165, 1.54) is 11.3 Å². The molecule has 0 aliphatic rings. The Kier molecular flexibility index (Phi) is 4.01. The minimum Gasteiger partial charge on any atom is -0.478 e. The number of carbonyl (C=O) groups is 2. The molecule has 1 aromatic rings. The van der Waals surface area contributed by atoms with Crippen LogP contribution < -0.4 is 5.32 Å². The first kappa shape index (κ1) is 13.4. The topological polar surface area (TPSA) is 79.3 Å². The van der Waals surface area contributed by atoms with Gasteiger partial charge in [0.05, 0.1) is 5.69 Å². The number of aromatic nitrogens is 1. The maximum atomic E-state index is 11.3. The van der Waals surface area contributed by atoms with Crippen LogP contribution in [-0.4, -0.2) is 22.0 Å². The quantitative estimate of drug-likeness (QED) is 0.809. The molecule has 5 nitrogen and oxygen atoms in total. The molecule has 0 fully saturated rings. The van der Waals surface area contributed by atoms with Crippen LogP contribution in [0.5, 0.6) is 0 Å². The summed E-state index contributed by atoms with van der Waals surface area (Å²) in [5, 5.41) is 13.2. The Bertz CT molecular complexity index is 458. The summed E-state index contributed by atoms with van der Waals surface area (Å²) in [5.41, 5.74) is 0.816. The van der Waals surface area contributed by atoms with E-state index >= 15 is 0 Å². The number of hydrogen-bond donors (Lipinski definition) is 2. The summed E-state index contributed by atoms with van der Waals surface area (Å²) in [6.45, 7) is 6.08. The third-order valence-electron chi connectivity index (χ3n) is 1.88. The van der Waals surface area contributed by atoms with E-state index in [1.807, 2.05) is 26.2 Å². The molecule has 0 spiro atoms. The highest BCUT2D eigenvalue weighted by Gasteiger charge is 2.17. The summed E-state index contributed by atoms with van der Waals surface area (Å²) in [5.74, 6) is -1.66. The van der Waals surface area contributed by atoms with Crippen molar-refractivity contribution >= 4 is 28.3 Å². The molecule has 0 aliphatic heterocycles. The first-order chi connectivity index (χ1) is 7.79. The Labute approximate surface area is 103 Å². The molecule has 0 aromatic carbocycles. The van der Waals surface area contributed by atoms with Crippen LogP contribution in [-0.2, 0) is 15.0 Å². The highest BCUT2D eigenvalue weighted by Crippen LogP contribution is 2.26. The number of thiazole rings is 1. The van der Waals surface area contributed by atoms with E-state index in [2.05, 4.69) is 10.3 Å². The first-order valence-corrected chi connectivity index (χ1v) is 5.85. The summed E-state index contributed by atoms with van der Waals surface area (Å²) in [7, 11) is 0. The molecule has 0 bridgehead atoms. The molecule has 2 N–H and O–H groups in total. The Morgan fingerprint density at radius 1 is 1.41 bits per heavy atom. The van der Waals surface area contributed by atoms with Crippen LogP contribution in [0.15, 0.2) is 17.5 Å². The maximum Gasteiger partial charge on any atom is 0.328 e. The van der Waals surface area contributed by atoms with Gasteiger partial charge in [-0.2, -0.15) is 0 Å². The van der Waals surface area contributed by atoms with E-state index < -0.39 is 11.9 Å². The van der Waals surface area contributed by atoms with Gasteiger partial charge in [0.25, 0.3) is 0 Å². The van der Waals surface area contributed by atoms with Gasteiger partial charge in [-0.05, 0) is 0 Å². The fraction of sp³-hybridized carbons (Fsp3) is 0.364. The van der Waals surface area contributed by atoms with Crippen molar-refractivity contribution in [2.45, 2.75) is 26.2 Å². The molecule has 1 amide bonds. The van der Waals surface area contributed by atoms with E-state index in [1.54, 1.807) is 0 Å². The molecule has 0 saturated heterocycles. The number of carboxylic acid groups (broad SMARTS) is 1. The van der Waals surface area contributed by atoms with Gasteiger partial charge in [0.2, 0.25) is 5.91 Å². The molecule has 0 radical (unpaired) electrons. The van der Waals surface area contributed by atoms with Gasteiger partial charge in [-0.1, -0.05) is 20.8 Å². The Hall–Kier alpha value is -1.69.